The highest BCUT2D eigenvalue weighted by Crippen LogP contribution is 1.96. The molecule has 0 spiro atoms. The molecule has 0 aliphatic rings. The van der Waals surface area contributed by atoms with Crippen LogP contribution in [0.5, 0.6) is 0 Å². The van der Waals surface area contributed by atoms with Crippen molar-refractivity contribution in [3.05, 3.63) is 0 Å². The molecule has 0 aromatic rings. The van der Waals surface area contributed by atoms with E-state index in [1.807, 2.05) is 13.8 Å². The molecule has 58 valence electrons. The van der Waals surface area contributed by atoms with Gasteiger partial charge in [0.2, 0.25) is 5.91 Å². The lowest BCUT2D eigenvalue weighted by atomic mass is 10.1. The first-order valence-corrected chi connectivity index (χ1v) is 2.47. The highest BCUT2D eigenvalue weighted by Gasteiger charge is 2.02. The van der Waals surface area contributed by atoms with Crippen LogP contribution in [0.15, 0.2) is 0 Å². The van der Waals surface area contributed by atoms with Crippen LogP contribution in [0.25, 0.3) is 0 Å². The fourth-order valence-corrected chi connectivity index (χ4v) is 0.201. The van der Waals surface area contributed by atoms with Gasteiger partial charge in [0.1, 0.15) is 0 Å². The zero-order chi connectivity index (χ0) is 5.86. The van der Waals surface area contributed by atoms with Crippen LogP contribution in [0, 0.1) is 5.92 Å². The molecule has 0 radical (unpaired) electrons. The molecule has 0 saturated heterocycles. The summed E-state index contributed by atoms with van der Waals surface area (Å²) in [4.78, 5) is 10.2. The molecule has 9 heavy (non-hydrogen) atoms. The largest absolute Gasteiger partial charge is 0.369 e. The van der Waals surface area contributed by atoms with Gasteiger partial charge in [0.25, 0.3) is 0 Å². The predicted molar refractivity (Wildman–Crippen MR) is 43.1 cm³/mol. The van der Waals surface area contributed by atoms with Crippen LogP contribution in [0.3, 0.4) is 0 Å². The van der Waals surface area contributed by atoms with E-state index in [0.29, 0.717) is 0 Å². The molecule has 0 fully saturated rings. The number of carbonyl (C=O) groups excluding carboxylic acids is 1. The summed E-state index contributed by atoms with van der Waals surface area (Å²) in [7, 11) is 0. The van der Waals surface area contributed by atoms with Crippen LogP contribution in [-0.4, -0.2) is 5.91 Å². The summed E-state index contributed by atoms with van der Waals surface area (Å²) in [5.74, 6) is -0.164. The second kappa shape index (κ2) is 8.05. The van der Waals surface area contributed by atoms with Crippen LogP contribution < -0.4 is 5.73 Å². The van der Waals surface area contributed by atoms with E-state index in [2.05, 4.69) is 0 Å². The third-order valence-corrected chi connectivity index (χ3v) is 1.10. The molecule has 0 bridgehead atoms. The Morgan fingerprint density at radius 1 is 1.56 bits per heavy atom. The van der Waals surface area contributed by atoms with Crippen LogP contribution in [0.2, 0.25) is 0 Å². The van der Waals surface area contributed by atoms with Gasteiger partial charge in [0.05, 0.1) is 0 Å². The first-order chi connectivity index (χ1) is 3.18. The van der Waals surface area contributed by atoms with Gasteiger partial charge < -0.3 is 5.73 Å². The van der Waals surface area contributed by atoms with Gasteiger partial charge in [0.15, 0.2) is 0 Å². The smallest absolute Gasteiger partial charge is 0.220 e. The predicted octanol–water partition coefficient (Wildman–Crippen LogP) is 1.36. The Hall–Kier alpha value is 0.0500. The molecule has 0 aliphatic heterocycles. The van der Waals surface area contributed by atoms with Gasteiger partial charge in [-0.05, 0) is 6.42 Å². The second-order valence-electron chi connectivity index (χ2n) is 1.71. The van der Waals surface area contributed by atoms with Crippen LogP contribution >= 0.6 is 24.8 Å². The normalized spacial score (nSPS) is 10.4. The van der Waals surface area contributed by atoms with E-state index in [9.17, 15) is 4.79 Å². The molecule has 0 aliphatic carbocycles. The van der Waals surface area contributed by atoms with Crippen molar-refractivity contribution in [3.8, 4) is 0 Å². The molecule has 0 saturated carbocycles. The molecule has 0 aromatic carbocycles. The second-order valence-corrected chi connectivity index (χ2v) is 1.71. The fraction of sp³-hybridized carbons (Fsp3) is 0.800. The number of primary amides is 1. The number of rotatable bonds is 2. The molecule has 2 N–H and O–H groups in total. The summed E-state index contributed by atoms with van der Waals surface area (Å²) in [6.07, 6.45) is 0.843. The highest BCUT2D eigenvalue weighted by atomic mass is 35.5. The van der Waals surface area contributed by atoms with Crippen molar-refractivity contribution >= 4 is 30.7 Å². The lowest BCUT2D eigenvalue weighted by molar-refractivity contribution is -0.121. The molecule has 1 atom stereocenters. The van der Waals surface area contributed by atoms with Gasteiger partial charge in [-0.25, -0.2) is 0 Å². The first kappa shape index (κ1) is 16.0. The minimum atomic E-state index is -0.206. The Labute approximate surface area is 68.0 Å². The van der Waals surface area contributed by atoms with E-state index in [0.717, 1.165) is 6.42 Å². The van der Waals surface area contributed by atoms with Gasteiger partial charge >= 0.3 is 0 Å². The Bertz CT molecular complexity index is 77.4. The minimum absolute atomic E-state index is 0. The maximum absolute atomic E-state index is 10.2. The maximum atomic E-state index is 10.2. The van der Waals surface area contributed by atoms with Crippen LogP contribution in [-0.2, 0) is 4.79 Å². The van der Waals surface area contributed by atoms with Crippen molar-refractivity contribution in [2.24, 2.45) is 11.7 Å². The molecule has 0 rings (SSSR count). The number of nitrogens with two attached hydrogens (primary N) is 1. The third kappa shape index (κ3) is 8.05. The molecule has 1 unspecified atom stereocenters. The SMILES string of the molecule is CCC(C)C(N)=O.Cl.Cl. The number of amides is 1. The first-order valence-electron chi connectivity index (χ1n) is 2.47. The van der Waals surface area contributed by atoms with Gasteiger partial charge in [-0.2, -0.15) is 0 Å². The van der Waals surface area contributed by atoms with E-state index >= 15 is 0 Å². The molecular weight excluding hydrogens is 161 g/mol. The number of halogens is 2. The van der Waals surface area contributed by atoms with Gasteiger partial charge in [-0.1, -0.05) is 13.8 Å². The van der Waals surface area contributed by atoms with Crippen molar-refractivity contribution in [2.75, 3.05) is 0 Å². The molecule has 0 aromatic heterocycles. The summed E-state index contributed by atoms with van der Waals surface area (Å²) in [5, 5.41) is 0. The summed E-state index contributed by atoms with van der Waals surface area (Å²) in [6.45, 7) is 3.76. The lowest BCUT2D eigenvalue weighted by Crippen LogP contribution is -2.19. The van der Waals surface area contributed by atoms with E-state index in [1.54, 1.807) is 0 Å². The number of hydrogen-bond acceptors (Lipinski definition) is 1. The van der Waals surface area contributed by atoms with Crippen molar-refractivity contribution in [2.45, 2.75) is 20.3 Å². The number of hydrogen-bond donors (Lipinski definition) is 1. The quantitative estimate of drug-likeness (QED) is 0.674. The summed E-state index contributed by atoms with van der Waals surface area (Å²) < 4.78 is 0. The average Bonchev–Trinajstić information content (AvgIpc) is 1.65. The topological polar surface area (TPSA) is 43.1 Å². The molecule has 4 heteroatoms. The summed E-state index contributed by atoms with van der Waals surface area (Å²) >= 11 is 0. The van der Waals surface area contributed by atoms with Gasteiger partial charge in [-0.3, -0.25) is 4.79 Å². The standard InChI is InChI=1S/C5H11NO.2ClH/c1-3-4(2)5(6)7;;/h4H,3H2,1-2H3,(H2,6,7);2*1H. The summed E-state index contributed by atoms with van der Waals surface area (Å²) in [5.41, 5.74) is 4.91. The van der Waals surface area contributed by atoms with Crippen LogP contribution in [0.4, 0.5) is 0 Å². The highest BCUT2D eigenvalue weighted by molar-refractivity contribution is 5.85. The van der Waals surface area contributed by atoms with Gasteiger partial charge in [-0.15, -0.1) is 24.8 Å². The molecular formula is C5H13Cl2NO. The third-order valence-electron chi connectivity index (χ3n) is 1.10. The maximum Gasteiger partial charge on any atom is 0.220 e. The minimum Gasteiger partial charge on any atom is -0.369 e. The molecule has 0 heterocycles. The van der Waals surface area contributed by atoms with E-state index < -0.39 is 0 Å². The van der Waals surface area contributed by atoms with Crippen molar-refractivity contribution < 1.29 is 4.79 Å². The van der Waals surface area contributed by atoms with E-state index in [1.165, 1.54) is 0 Å². The zero-order valence-electron chi connectivity index (χ0n) is 5.59. The fourth-order valence-electron chi connectivity index (χ4n) is 0.201. The van der Waals surface area contributed by atoms with Crippen LogP contribution in [0.1, 0.15) is 20.3 Å². The molecule has 1 amide bonds. The summed E-state index contributed by atoms with van der Waals surface area (Å²) in [6, 6.07) is 0. The molecule has 2 nitrogen and oxygen atoms in total. The van der Waals surface area contributed by atoms with E-state index in [4.69, 9.17) is 5.73 Å². The number of carbonyl (C=O) groups is 1. The van der Waals surface area contributed by atoms with Crippen molar-refractivity contribution in [3.63, 3.8) is 0 Å². The van der Waals surface area contributed by atoms with E-state index in [-0.39, 0.29) is 36.6 Å². The zero-order valence-corrected chi connectivity index (χ0v) is 7.22. The monoisotopic (exact) mass is 173 g/mol. The average molecular weight is 174 g/mol. The Morgan fingerprint density at radius 3 is 1.89 bits per heavy atom. The van der Waals surface area contributed by atoms with Crippen molar-refractivity contribution in [1.82, 2.24) is 0 Å². The lowest BCUT2D eigenvalue weighted by Gasteiger charge is -1.98. The van der Waals surface area contributed by atoms with Crippen molar-refractivity contribution in [1.29, 1.82) is 0 Å². The Morgan fingerprint density at radius 2 is 1.89 bits per heavy atom. The Kier molecular flexibility index (Phi) is 14.3. The Balaban J connectivity index is -0.000000180. The van der Waals surface area contributed by atoms with Gasteiger partial charge in [0, 0.05) is 5.92 Å².